The van der Waals surface area contributed by atoms with E-state index in [9.17, 15) is 22.4 Å². The molecule has 4 aromatic rings. The summed E-state index contributed by atoms with van der Waals surface area (Å²) in [4.78, 5) is 29.8. The minimum atomic E-state index is -4.29. The Hall–Kier alpha value is -4.70. The predicted octanol–water partition coefficient (Wildman–Crippen LogP) is 6.20. The Morgan fingerprint density at radius 1 is 0.872 bits per heavy atom. The Bertz CT molecular complexity index is 1750. The molecule has 10 heteroatoms. The molecule has 0 fully saturated rings. The molecule has 47 heavy (non-hydrogen) atoms. The molecular formula is C37H42FN3O5S. The summed E-state index contributed by atoms with van der Waals surface area (Å²) in [6.07, 6.45) is 1.81. The van der Waals surface area contributed by atoms with Crippen LogP contribution in [0.25, 0.3) is 0 Å². The van der Waals surface area contributed by atoms with Gasteiger partial charge in [0.05, 0.1) is 17.7 Å². The average Bonchev–Trinajstić information content (AvgIpc) is 3.06. The van der Waals surface area contributed by atoms with Gasteiger partial charge in [0.2, 0.25) is 11.8 Å². The molecule has 248 valence electrons. The third-order valence-corrected chi connectivity index (χ3v) is 9.63. The zero-order valence-electron chi connectivity index (χ0n) is 27.3. The van der Waals surface area contributed by atoms with Crippen LogP contribution in [0.3, 0.4) is 0 Å². The minimum absolute atomic E-state index is 0.00249. The number of anilines is 1. The summed E-state index contributed by atoms with van der Waals surface area (Å²) in [6.45, 7) is 5.44. The summed E-state index contributed by atoms with van der Waals surface area (Å²) < 4.78 is 49.1. The zero-order valence-corrected chi connectivity index (χ0v) is 28.1. The molecule has 0 saturated carbocycles. The Kier molecular flexibility index (Phi) is 12.1. The summed E-state index contributed by atoms with van der Waals surface area (Å²) in [5.74, 6) is -1.15. The molecule has 0 aliphatic rings. The topological polar surface area (TPSA) is 96.0 Å². The van der Waals surface area contributed by atoms with Crippen LogP contribution in [0.15, 0.2) is 102 Å². The number of benzene rings is 4. The van der Waals surface area contributed by atoms with Crippen molar-refractivity contribution in [2.24, 2.45) is 0 Å². The van der Waals surface area contributed by atoms with Crippen molar-refractivity contribution in [3.8, 4) is 5.75 Å². The molecule has 0 aromatic heterocycles. The fraction of sp³-hybridized carbons (Fsp3) is 0.297. The Balaban J connectivity index is 1.83. The van der Waals surface area contributed by atoms with Gasteiger partial charge in [-0.2, -0.15) is 0 Å². The maximum Gasteiger partial charge on any atom is 0.264 e. The van der Waals surface area contributed by atoms with Crippen LogP contribution >= 0.6 is 0 Å². The standard InChI is InChI=1S/C37H42FN3O5S/c1-5-6-22-39-37(43)34(24-29-10-8-7-9-11-29)40(25-30-15-17-31(38)18-16-30)36(42)26-41(33-23-28(3)14-21-35(33)46-4)47(44,45)32-19-12-27(2)13-20-32/h7-21,23,34H,5-6,22,24-26H2,1-4H3,(H,39,43). The number of halogens is 1. The molecule has 1 atom stereocenters. The first-order valence-electron chi connectivity index (χ1n) is 15.6. The van der Waals surface area contributed by atoms with Crippen molar-refractivity contribution in [3.05, 3.63) is 125 Å². The van der Waals surface area contributed by atoms with Crippen LogP contribution in [0.1, 0.15) is 42.0 Å². The summed E-state index contributed by atoms with van der Waals surface area (Å²) in [6, 6.07) is 25.5. The lowest BCUT2D eigenvalue weighted by Gasteiger charge is -2.34. The van der Waals surface area contributed by atoms with Crippen molar-refractivity contribution < 1.29 is 27.1 Å². The molecule has 0 spiro atoms. The molecule has 1 N–H and O–H groups in total. The van der Waals surface area contributed by atoms with Crippen LogP contribution < -0.4 is 14.4 Å². The molecule has 0 bridgehead atoms. The summed E-state index contributed by atoms with van der Waals surface area (Å²) >= 11 is 0. The average molecular weight is 660 g/mol. The number of ether oxygens (including phenoxy) is 1. The number of hydrogen-bond acceptors (Lipinski definition) is 5. The smallest absolute Gasteiger partial charge is 0.264 e. The SMILES string of the molecule is CCCCNC(=O)C(Cc1ccccc1)N(Cc1ccc(F)cc1)C(=O)CN(c1cc(C)ccc1OC)S(=O)(=O)c1ccc(C)cc1. The van der Waals surface area contributed by atoms with Gasteiger partial charge >= 0.3 is 0 Å². The number of sulfonamides is 1. The van der Waals surface area contributed by atoms with E-state index in [0.29, 0.717) is 12.1 Å². The normalized spacial score (nSPS) is 11.9. The lowest BCUT2D eigenvalue weighted by Crippen LogP contribution is -2.53. The summed E-state index contributed by atoms with van der Waals surface area (Å²) in [5, 5.41) is 2.96. The molecule has 0 aliphatic heterocycles. The second kappa shape index (κ2) is 16.2. The molecule has 1 unspecified atom stereocenters. The van der Waals surface area contributed by atoms with E-state index in [2.05, 4.69) is 5.32 Å². The summed E-state index contributed by atoms with van der Waals surface area (Å²) in [5.41, 5.74) is 3.24. The fourth-order valence-corrected chi connectivity index (χ4v) is 6.61. The summed E-state index contributed by atoms with van der Waals surface area (Å²) in [7, 11) is -2.86. The van der Waals surface area contributed by atoms with Gasteiger partial charge in [-0.05, 0) is 73.4 Å². The molecule has 0 heterocycles. The van der Waals surface area contributed by atoms with Crippen LogP contribution in [0.2, 0.25) is 0 Å². The molecular weight excluding hydrogens is 617 g/mol. The van der Waals surface area contributed by atoms with Gasteiger partial charge in [-0.1, -0.05) is 79.6 Å². The molecule has 0 saturated heterocycles. The van der Waals surface area contributed by atoms with Gasteiger partial charge in [0.1, 0.15) is 24.2 Å². The van der Waals surface area contributed by atoms with Crippen LogP contribution in [0.4, 0.5) is 10.1 Å². The maximum absolute atomic E-state index is 14.6. The lowest BCUT2D eigenvalue weighted by atomic mass is 10.0. The number of aryl methyl sites for hydroxylation is 2. The number of carbonyl (C=O) groups is 2. The number of unbranched alkanes of at least 4 members (excludes halogenated alkanes) is 1. The first-order chi connectivity index (χ1) is 22.5. The van der Waals surface area contributed by atoms with E-state index in [1.165, 1.54) is 36.3 Å². The van der Waals surface area contributed by atoms with Crippen molar-refractivity contribution in [2.75, 3.05) is 24.5 Å². The third-order valence-electron chi connectivity index (χ3n) is 7.86. The first-order valence-corrected chi connectivity index (χ1v) is 17.1. The third kappa shape index (κ3) is 9.19. The second-order valence-electron chi connectivity index (χ2n) is 11.5. The van der Waals surface area contributed by atoms with Gasteiger partial charge in [0, 0.05) is 19.5 Å². The monoisotopic (exact) mass is 659 g/mol. The highest BCUT2D eigenvalue weighted by Crippen LogP contribution is 2.34. The van der Waals surface area contributed by atoms with E-state index < -0.39 is 34.3 Å². The first kappa shape index (κ1) is 35.2. The molecule has 0 radical (unpaired) electrons. The lowest BCUT2D eigenvalue weighted by molar-refractivity contribution is -0.140. The van der Waals surface area contributed by atoms with Crippen LogP contribution in [-0.4, -0.2) is 51.4 Å². The molecule has 2 amide bonds. The molecule has 4 aromatic carbocycles. The van der Waals surface area contributed by atoms with Crippen LogP contribution in [0, 0.1) is 19.7 Å². The second-order valence-corrected chi connectivity index (χ2v) is 13.4. The number of carbonyl (C=O) groups excluding carboxylic acids is 2. The predicted molar refractivity (Wildman–Crippen MR) is 182 cm³/mol. The molecule has 4 rings (SSSR count). The minimum Gasteiger partial charge on any atom is -0.495 e. The van der Waals surface area contributed by atoms with Crippen molar-refractivity contribution in [1.29, 1.82) is 0 Å². The molecule has 0 aliphatic carbocycles. The number of nitrogens with one attached hydrogen (secondary N) is 1. The van der Waals surface area contributed by atoms with Crippen molar-refractivity contribution >= 4 is 27.5 Å². The van der Waals surface area contributed by atoms with E-state index in [4.69, 9.17) is 4.74 Å². The van der Waals surface area contributed by atoms with Crippen molar-refractivity contribution in [2.45, 2.75) is 57.5 Å². The Morgan fingerprint density at radius 3 is 2.17 bits per heavy atom. The molecule has 8 nitrogen and oxygen atoms in total. The number of hydrogen-bond donors (Lipinski definition) is 1. The Morgan fingerprint density at radius 2 is 1.53 bits per heavy atom. The maximum atomic E-state index is 14.6. The van der Waals surface area contributed by atoms with Crippen LogP contribution in [0.5, 0.6) is 5.75 Å². The largest absolute Gasteiger partial charge is 0.495 e. The fourth-order valence-electron chi connectivity index (χ4n) is 5.19. The van der Waals surface area contributed by atoms with Crippen molar-refractivity contribution in [1.82, 2.24) is 10.2 Å². The number of amides is 2. The van der Waals surface area contributed by atoms with E-state index in [1.54, 1.807) is 42.5 Å². The highest BCUT2D eigenvalue weighted by atomic mass is 32.2. The number of methoxy groups -OCH3 is 1. The highest BCUT2D eigenvalue weighted by molar-refractivity contribution is 7.92. The van der Waals surface area contributed by atoms with E-state index in [0.717, 1.165) is 33.8 Å². The quantitative estimate of drug-likeness (QED) is 0.153. The highest BCUT2D eigenvalue weighted by Gasteiger charge is 2.35. The van der Waals surface area contributed by atoms with E-state index in [1.807, 2.05) is 51.1 Å². The Labute approximate surface area is 277 Å². The van der Waals surface area contributed by atoms with E-state index >= 15 is 0 Å². The van der Waals surface area contributed by atoms with Gasteiger partial charge in [0.25, 0.3) is 10.0 Å². The van der Waals surface area contributed by atoms with Gasteiger partial charge in [-0.25, -0.2) is 12.8 Å². The zero-order chi connectivity index (χ0) is 34.0. The van der Waals surface area contributed by atoms with Gasteiger partial charge in [0.15, 0.2) is 0 Å². The van der Waals surface area contributed by atoms with Gasteiger partial charge in [-0.3, -0.25) is 13.9 Å². The van der Waals surface area contributed by atoms with Crippen molar-refractivity contribution in [3.63, 3.8) is 0 Å². The van der Waals surface area contributed by atoms with Crippen LogP contribution in [-0.2, 0) is 32.6 Å². The number of rotatable bonds is 15. The van der Waals surface area contributed by atoms with Gasteiger partial charge < -0.3 is 15.0 Å². The van der Waals surface area contributed by atoms with Gasteiger partial charge in [-0.15, -0.1) is 0 Å². The number of nitrogens with zero attached hydrogens (tertiary/aromatic N) is 2. The van der Waals surface area contributed by atoms with E-state index in [-0.39, 0.29) is 35.2 Å².